The highest BCUT2D eigenvalue weighted by molar-refractivity contribution is 7.89. The second-order valence-electron chi connectivity index (χ2n) is 4.29. The van der Waals surface area contributed by atoms with E-state index in [2.05, 4.69) is 5.32 Å². The minimum Gasteiger partial charge on any atom is -0.312 e. The summed E-state index contributed by atoms with van der Waals surface area (Å²) in [5, 5.41) is 3.80. The molecule has 0 aliphatic carbocycles. The zero-order valence-electron chi connectivity index (χ0n) is 10.3. The maximum atomic E-state index is 12.4. The minimum atomic E-state index is -3.48. The smallest absolute Gasteiger partial charge is 0.243 e. The third-order valence-corrected chi connectivity index (χ3v) is 5.46. The Kier molecular flexibility index (Phi) is 5.92. The number of benzene rings is 1. The van der Waals surface area contributed by atoms with E-state index in [1.54, 1.807) is 0 Å². The van der Waals surface area contributed by atoms with Gasteiger partial charge in [0.15, 0.2) is 0 Å². The molecular formula is C11H15Cl3N2O2S. The Bertz CT molecular complexity index is 551. The highest BCUT2D eigenvalue weighted by Crippen LogP contribution is 2.26. The summed E-state index contributed by atoms with van der Waals surface area (Å²) < 4.78 is 26.3. The first-order valence-electron chi connectivity index (χ1n) is 5.60. The first-order chi connectivity index (χ1) is 8.41. The lowest BCUT2D eigenvalue weighted by Gasteiger charge is -2.31. The number of hydrogen-bond donors (Lipinski definition) is 1. The van der Waals surface area contributed by atoms with Gasteiger partial charge in [0, 0.05) is 25.7 Å². The molecule has 8 heteroatoms. The number of piperazine rings is 1. The lowest BCUT2D eigenvalue weighted by molar-refractivity contribution is 0.310. The van der Waals surface area contributed by atoms with Crippen LogP contribution in [-0.4, -0.2) is 38.4 Å². The van der Waals surface area contributed by atoms with Crippen LogP contribution in [0.3, 0.4) is 0 Å². The van der Waals surface area contributed by atoms with E-state index < -0.39 is 10.0 Å². The average Bonchev–Trinajstić information content (AvgIpc) is 2.32. The van der Waals surface area contributed by atoms with E-state index in [0.717, 1.165) is 0 Å². The summed E-state index contributed by atoms with van der Waals surface area (Å²) in [5.74, 6) is 0. The molecule has 0 radical (unpaired) electrons. The van der Waals surface area contributed by atoms with Crippen LogP contribution in [0.4, 0.5) is 0 Å². The third kappa shape index (κ3) is 3.74. The van der Waals surface area contributed by atoms with Crippen molar-refractivity contribution in [1.82, 2.24) is 9.62 Å². The molecule has 1 aromatic rings. The standard InChI is InChI=1S/C11H14Cl2N2O2S.ClH/c1-8-7-15(5-4-14-8)18(16,17)9-2-3-10(12)11(13)6-9;/h2-3,6,8,14H,4-5,7H2,1H3;1H. The molecule has 0 spiro atoms. The van der Waals surface area contributed by atoms with Crippen molar-refractivity contribution in [2.45, 2.75) is 17.9 Å². The summed E-state index contributed by atoms with van der Waals surface area (Å²) >= 11 is 11.6. The van der Waals surface area contributed by atoms with Gasteiger partial charge in [-0.15, -0.1) is 12.4 Å². The predicted molar refractivity (Wildman–Crippen MR) is 79.9 cm³/mol. The Morgan fingerprint density at radius 3 is 2.58 bits per heavy atom. The first-order valence-corrected chi connectivity index (χ1v) is 7.79. The highest BCUT2D eigenvalue weighted by atomic mass is 35.5. The summed E-state index contributed by atoms with van der Waals surface area (Å²) in [6, 6.07) is 4.53. The number of rotatable bonds is 2. The summed E-state index contributed by atoms with van der Waals surface area (Å²) in [6.07, 6.45) is 0. The summed E-state index contributed by atoms with van der Waals surface area (Å²) in [6.45, 7) is 3.54. The van der Waals surface area contributed by atoms with Gasteiger partial charge in [0.05, 0.1) is 14.9 Å². The molecule has 1 saturated heterocycles. The molecule has 1 fully saturated rings. The third-order valence-electron chi connectivity index (χ3n) is 2.86. The fraction of sp³-hybridized carbons (Fsp3) is 0.455. The van der Waals surface area contributed by atoms with E-state index >= 15 is 0 Å². The van der Waals surface area contributed by atoms with Crippen molar-refractivity contribution in [3.63, 3.8) is 0 Å². The number of nitrogens with zero attached hydrogens (tertiary/aromatic N) is 1. The van der Waals surface area contributed by atoms with E-state index in [-0.39, 0.29) is 28.4 Å². The van der Waals surface area contributed by atoms with Gasteiger partial charge < -0.3 is 5.32 Å². The van der Waals surface area contributed by atoms with Crippen LogP contribution in [0.5, 0.6) is 0 Å². The number of hydrogen-bond acceptors (Lipinski definition) is 3. The van der Waals surface area contributed by atoms with Gasteiger partial charge in [-0.3, -0.25) is 0 Å². The normalized spacial score (nSPS) is 20.9. The largest absolute Gasteiger partial charge is 0.312 e. The van der Waals surface area contributed by atoms with Crippen molar-refractivity contribution in [2.24, 2.45) is 0 Å². The van der Waals surface area contributed by atoms with Crippen molar-refractivity contribution in [3.8, 4) is 0 Å². The Balaban J connectivity index is 0.00000180. The van der Waals surface area contributed by atoms with Gasteiger partial charge in [0.25, 0.3) is 0 Å². The summed E-state index contributed by atoms with van der Waals surface area (Å²) in [5.41, 5.74) is 0. The monoisotopic (exact) mass is 344 g/mol. The van der Waals surface area contributed by atoms with Gasteiger partial charge in [-0.05, 0) is 25.1 Å². The van der Waals surface area contributed by atoms with Crippen molar-refractivity contribution >= 4 is 45.6 Å². The lowest BCUT2D eigenvalue weighted by Crippen LogP contribution is -2.51. The SMILES string of the molecule is CC1CN(S(=O)(=O)c2ccc(Cl)c(Cl)c2)CCN1.Cl. The van der Waals surface area contributed by atoms with Crippen LogP contribution in [0.2, 0.25) is 10.0 Å². The fourth-order valence-electron chi connectivity index (χ4n) is 1.90. The van der Waals surface area contributed by atoms with Gasteiger partial charge in [0.2, 0.25) is 10.0 Å². The maximum absolute atomic E-state index is 12.4. The number of halogens is 3. The Morgan fingerprint density at radius 1 is 1.32 bits per heavy atom. The zero-order chi connectivity index (χ0) is 13.3. The van der Waals surface area contributed by atoms with Crippen LogP contribution in [0, 0.1) is 0 Å². The second kappa shape index (κ2) is 6.61. The van der Waals surface area contributed by atoms with Crippen molar-refractivity contribution in [3.05, 3.63) is 28.2 Å². The van der Waals surface area contributed by atoms with E-state index in [4.69, 9.17) is 23.2 Å². The molecule has 1 aromatic carbocycles. The second-order valence-corrected chi connectivity index (χ2v) is 7.05. The van der Waals surface area contributed by atoms with E-state index in [9.17, 15) is 8.42 Å². The molecule has 4 nitrogen and oxygen atoms in total. The van der Waals surface area contributed by atoms with Gasteiger partial charge in [-0.25, -0.2) is 8.42 Å². The van der Waals surface area contributed by atoms with Gasteiger partial charge in [0.1, 0.15) is 0 Å². The fourth-order valence-corrected chi connectivity index (χ4v) is 3.82. The molecule has 19 heavy (non-hydrogen) atoms. The molecule has 1 atom stereocenters. The van der Waals surface area contributed by atoms with Crippen LogP contribution >= 0.6 is 35.6 Å². The van der Waals surface area contributed by atoms with Gasteiger partial charge >= 0.3 is 0 Å². The van der Waals surface area contributed by atoms with E-state index in [1.165, 1.54) is 22.5 Å². The lowest BCUT2D eigenvalue weighted by atomic mass is 10.3. The molecule has 1 unspecified atom stereocenters. The Labute approximate surface area is 129 Å². The average molecular weight is 346 g/mol. The van der Waals surface area contributed by atoms with Crippen LogP contribution in [0.25, 0.3) is 0 Å². The molecule has 2 rings (SSSR count). The molecule has 1 aliphatic rings. The molecule has 0 amide bonds. The van der Waals surface area contributed by atoms with Crippen molar-refractivity contribution in [2.75, 3.05) is 19.6 Å². The van der Waals surface area contributed by atoms with Crippen LogP contribution in [-0.2, 0) is 10.0 Å². The zero-order valence-corrected chi connectivity index (χ0v) is 13.4. The molecule has 1 heterocycles. The molecule has 0 aromatic heterocycles. The molecule has 0 saturated carbocycles. The van der Waals surface area contributed by atoms with Gasteiger partial charge in [-0.1, -0.05) is 23.2 Å². The van der Waals surface area contributed by atoms with Crippen LogP contribution in [0.1, 0.15) is 6.92 Å². The Morgan fingerprint density at radius 2 is 2.00 bits per heavy atom. The first kappa shape index (κ1) is 17.0. The highest BCUT2D eigenvalue weighted by Gasteiger charge is 2.28. The summed E-state index contributed by atoms with van der Waals surface area (Å²) in [4.78, 5) is 0.186. The molecule has 0 bridgehead atoms. The molecule has 1 aliphatic heterocycles. The quantitative estimate of drug-likeness (QED) is 0.895. The maximum Gasteiger partial charge on any atom is 0.243 e. The number of sulfonamides is 1. The van der Waals surface area contributed by atoms with E-state index in [1.807, 2.05) is 6.92 Å². The van der Waals surface area contributed by atoms with Crippen LogP contribution < -0.4 is 5.32 Å². The van der Waals surface area contributed by atoms with Crippen LogP contribution in [0.15, 0.2) is 23.1 Å². The number of nitrogens with one attached hydrogen (secondary N) is 1. The predicted octanol–water partition coefficient (Wildman–Crippen LogP) is 2.40. The van der Waals surface area contributed by atoms with Crippen molar-refractivity contribution < 1.29 is 8.42 Å². The molecule has 1 N–H and O–H groups in total. The van der Waals surface area contributed by atoms with Gasteiger partial charge in [-0.2, -0.15) is 4.31 Å². The Hall–Kier alpha value is -0.0400. The van der Waals surface area contributed by atoms with E-state index in [0.29, 0.717) is 24.7 Å². The summed E-state index contributed by atoms with van der Waals surface area (Å²) in [7, 11) is -3.48. The van der Waals surface area contributed by atoms with Crippen molar-refractivity contribution in [1.29, 1.82) is 0 Å². The minimum absolute atomic E-state index is 0. The molecular weight excluding hydrogens is 331 g/mol. The molecule has 108 valence electrons. The topological polar surface area (TPSA) is 49.4 Å².